The van der Waals surface area contributed by atoms with E-state index in [0.717, 1.165) is 19.0 Å². The Kier molecular flexibility index (Phi) is 3.33. The number of hydrogen-bond acceptors (Lipinski definition) is 6. The predicted molar refractivity (Wildman–Crippen MR) is 94.1 cm³/mol. The first-order valence-electron chi connectivity index (χ1n) is 8.77. The molecule has 3 aromatic rings. The van der Waals surface area contributed by atoms with Crippen LogP contribution >= 0.6 is 0 Å². The minimum absolute atomic E-state index is 0.273. The lowest BCUT2D eigenvalue weighted by Crippen LogP contribution is -2.34. The maximum atomic E-state index is 13.9. The number of carbonyl (C=O) groups excluding carboxylic acids is 1. The zero-order valence-corrected chi connectivity index (χ0v) is 14.6. The normalized spacial score (nSPS) is 20.7. The van der Waals surface area contributed by atoms with E-state index >= 15 is 0 Å². The van der Waals surface area contributed by atoms with Gasteiger partial charge in [0.2, 0.25) is 5.88 Å². The van der Waals surface area contributed by atoms with E-state index in [9.17, 15) is 9.18 Å². The first-order valence-corrected chi connectivity index (χ1v) is 8.77. The van der Waals surface area contributed by atoms with E-state index in [4.69, 9.17) is 4.74 Å². The summed E-state index contributed by atoms with van der Waals surface area (Å²) in [7, 11) is 0. The summed E-state index contributed by atoms with van der Waals surface area (Å²) in [5.41, 5.74) is 1.02. The number of anilines is 1. The average molecular weight is 368 g/mol. The van der Waals surface area contributed by atoms with Crippen LogP contribution in [-0.4, -0.2) is 38.1 Å². The Balaban J connectivity index is 1.66. The molecule has 1 atom stereocenters. The van der Waals surface area contributed by atoms with Crippen molar-refractivity contribution in [3.63, 3.8) is 0 Å². The average Bonchev–Trinajstić information content (AvgIpc) is 3.30. The lowest BCUT2D eigenvalue weighted by atomic mass is 10.1. The summed E-state index contributed by atoms with van der Waals surface area (Å²) in [5.74, 6) is 0.249. The highest BCUT2D eigenvalue weighted by molar-refractivity contribution is 5.99. The molecule has 9 heteroatoms. The van der Waals surface area contributed by atoms with Gasteiger partial charge in [0.25, 0.3) is 5.91 Å². The molecular formula is C18H17FN6O2. The molecule has 2 N–H and O–H groups in total. The van der Waals surface area contributed by atoms with Crippen LogP contribution in [0.2, 0.25) is 0 Å². The number of hydrogen-bond donors (Lipinski definition) is 2. The van der Waals surface area contributed by atoms with Crippen molar-refractivity contribution in [3.05, 3.63) is 47.7 Å². The molecule has 1 aliphatic heterocycles. The van der Waals surface area contributed by atoms with E-state index in [1.54, 1.807) is 16.8 Å². The van der Waals surface area contributed by atoms with Crippen molar-refractivity contribution < 1.29 is 13.9 Å². The van der Waals surface area contributed by atoms with E-state index in [-0.39, 0.29) is 18.6 Å². The number of aromatic nitrogens is 4. The molecule has 1 aliphatic carbocycles. The molecule has 1 spiro atoms. The molecule has 2 bridgehead atoms. The topological polar surface area (TPSA) is 93.4 Å². The van der Waals surface area contributed by atoms with Gasteiger partial charge < -0.3 is 15.4 Å². The first-order chi connectivity index (χ1) is 13.0. The third kappa shape index (κ3) is 2.66. The molecule has 3 aromatic heterocycles. The summed E-state index contributed by atoms with van der Waals surface area (Å²) in [5, 5.41) is 10.4. The highest BCUT2D eigenvalue weighted by atomic mass is 19.1. The number of carbonyl (C=O) groups is 1. The van der Waals surface area contributed by atoms with Gasteiger partial charge in [0.05, 0.1) is 24.5 Å². The highest BCUT2D eigenvalue weighted by Crippen LogP contribution is 2.51. The van der Waals surface area contributed by atoms with Crippen molar-refractivity contribution in [3.8, 4) is 5.88 Å². The van der Waals surface area contributed by atoms with Crippen molar-refractivity contribution in [2.45, 2.75) is 31.4 Å². The lowest BCUT2D eigenvalue weighted by Gasteiger charge is -2.23. The fraction of sp³-hybridized carbons (Fsp3) is 0.333. The largest absolute Gasteiger partial charge is 0.473 e. The molecule has 0 unspecified atom stereocenters. The molecule has 1 saturated carbocycles. The number of nitrogens with zero attached hydrogens (tertiary/aromatic N) is 4. The van der Waals surface area contributed by atoms with Gasteiger partial charge in [-0.3, -0.25) is 4.79 Å². The smallest absolute Gasteiger partial charge is 0.256 e. The van der Waals surface area contributed by atoms with Gasteiger partial charge in [0.15, 0.2) is 5.65 Å². The number of rotatable bonds is 0. The summed E-state index contributed by atoms with van der Waals surface area (Å²) >= 11 is 0. The van der Waals surface area contributed by atoms with Crippen LogP contribution in [0.3, 0.4) is 0 Å². The van der Waals surface area contributed by atoms with Crippen LogP contribution in [0.5, 0.6) is 5.88 Å². The van der Waals surface area contributed by atoms with Crippen molar-refractivity contribution in [2.75, 3.05) is 11.9 Å². The Morgan fingerprint density at radius 1 is 1.37 bits per heavy atom. The van der Waals surface area contributed by atoms with Crippen LogP contribution in [-0.2, 0) is 5.54 Å². The number of ether oxygens (including phenoxy) is 1. The minimum Gasteiger partial charge on any atom is -0.473 e. The standard InChI is InChI=1S/C18H17FN6O2/c1-10-7-20-16(26)12-9-22-25-5-2-14(23-15(12)25)24-18(3-4-18)13-6-11(19)8-21-17(13)27-10/h2,5-6,8-10H,3-4,7H2,1H3,(H,20,26)(H,23,24)/t10-/m1/s1. The van der Waals surface area contributed by atoms with Gasteiger partial charge in [-0.25, -0.2) is 18.9 Å². The van der Waals surface area contributed by atoms with Crippen LogP contribution in [0.25, 0.3) is 5.65 Å². The Hall–Kier alpha value is -3.23. The molecule has 8 nitrogen and oxygen atoms in total. The summed E-state index contributed by atoms with van der Waals surface area (Å²) in [6.45, 7) is 2.10. The fourth-order valence-electron chi connectivity index (χ4n) is 3.36. The molecule has 27 heavy (non-hydrogen) atoms. The molecule has 0 saturated heterocycles. The monoisotopic (exact) mass is 368 g/mol. The Labute approximate surface area is 153 Å². The Bertz CT molecular complexity index is 1060. The summed E-state index contributed by atoms with van der Waals surface area (Å²) in [6.07, 6.45) is 5.63. The Morgan fingerprint density at radius 3 is 3.04 bits per heavy atom. The molecule has 1 amide bonds. The molecule has 1 fully saturated rings. The van der Waals surface area contributed by atoms with Crippen molar-refractivity contribution >= 4 is 17.4 Å². The zero-order chi connectivity index (χ0) is 18.6. The van der Waals surface area contributed by atoms with E-state index in [2.05, 4.69) is 25.7 Å². The fourth-order valence-corrected chi connectivity index (χ4v) is 3.36. The minimum atomic E-state index is -0.485. The third-order valence-corrected chi connectivity index (χ3v) is 4.93. The molecule has 138 valence electrons. The van der Waals surface area contributed by atoms with Crippen molar-refractivity contribution in [1.29, 1.82) is 0 Å². The molecule has 4 heterocycles. The van der Waals surface area contributed by atoms with Crippen LogP contribution in [0.15, 0.2) is 30.7 Å². The summed E-state index contributed by atoms with van der Waals surface area (Å²) < 4.78 is 21.4. The van der Waals surface area contributed by atoms with Crippen LogP contribution in [0.4, 0.5) is 10.2 Å². The number of halogens is 1. The van der Waals surface area contributed by atoms with E-state index in [1.165, 1.54) is 12.3 Å². The van der Waals surface area contributed by atoms with Crippen molar-refractivity contribution in [1.82, 2.24) is 24.9 Å². The van der Waals surface area contributed by atoms with Gasteiger partial charge in [-0.05, 0) is 31.9 Å². The SMILES string of the molecule is C[C@@H]1CNC(=O)c2cnn3ccc(nc23)NC2(CC2)c2cc(F)cnc2O1. The summed E-state index contributed by atoms with van der Waals surface area (Å²) in [4.78, 5) is 21.2. The van der Waals surface area contributed by atoms with Gasteiger partial charge in [-0.1, -0.05) is 0 Å². The third-order valence-electron chi connectivity index (χ3n) is 4.93. The maximum absolute atomic E-state index is 13.9. The molecule has 0 aromatic carbocycles. The van der Waals surface area contributed by atoms with E-state index in [1.807, 2.05) is 6.92 Å². The zero-order valence-electron chi connectivity index (χ0n) is 14.6. The van der Waals surface area contributed by atoms with Crippen molar-refractivity contribution in [2.24, 2.45) is 0 Å². The van der Waals surface area contributed by atoms with Crippen LogP contribution < -0.4 is 15.4 Å². The lowest BCUT2D eigenvalue weighted by molar-refractivity contribution is 0.0931. The predicted octanol–water partition coefficient (Wildman–Crippen LogP) is 1.88. The quantitative estimate of drug-likeness (QED) is 0.629. The Morgan fingerprint density at radius 2 is 2.22 bits per heavy atom. The molecule has 2 aliphatic rings. The number of nitrogens with one attached hydrogen (secondary N) is 2. The van der Waals surface area contributed by atoms with Crippen LogP contribution in [0, 0.1) is 5.82 Å². The second-order valence-corrected chi connectivity index (χ2v) is 6.99. The maximum Gasteiger partial charge on any atom is 0.256 e. The molecule has 5 rings (SSSR count). The van der Waals surface area contributed by atoms with Gasteiger partial charge in [0.1, 0.15) is 23.3 Å². The summed E-state index contributed by atoms with van der Waals surface area (Å²) in [6, 6.07) is 3.23. The van der Waals surface area contributed by atoms with E-state index in [0.29, 0.717) is 28.5 Å². The number of pyridine rings is 1. The highest BCUT2D eigenvalue weighted by Gasteiger charge is 2.47. The van der Waals surface area contributed by atoms with Gasteiger partial charge in [0, 0.05) is 11.8 Å². The first kappa shape index (κ1) is 16.0. The van der Waals surface area contributed by atoms with Gasteiger partial charge in [-0.15, -0.1) is 0 Å². The molecule has 0 radical (unpaired) electrons. The van der Waals surface area contributed by atoms with Gasteiger partial charge in [-0.2, -0.15) is 5.10 Å². The number of fused-ring (bicyclic) bond motifs is 3. The van der Waals surface area contributed by atoms with E-state index < -0.39 is 11.4 Å². The second kappa shape index (κ2) is 5.63. The second-order valence-electron chi connectivity index (χ2n) is 6.99. The number of amides is 1. The van der Waals surface area contributed by atoms with Crippen LogP contribution in [0.1, 0.15) is 35.7 Å². The van der Waals surface area contributed by atoms with Gasteiger partial charge >= 0.3 is 0 Å². The molecular weight excluding hydrogens is 351 g/mol.